The Morgan fingerprint density at radius 2 is 1.94 bits per heavy atom. The lowest BCUT2D eigenvalue weighted by atomic mass is 10.0. The number of para-hydroxylation sites is 2. The number of methoxy groups -OCH3 is 1. The van der Waals surface area contributed by atoms with Crippen LogP contribution in [0, 0.1) is 6.92 Å². The zero-order valence-electron chi connectivity index (χ0n) is 19.4. The zero-order valence-corrected chi connectivity index (χ0v) is 20.2. The average Bonchev–Trinajstić information content (AvgIpc) is 3.42. The summed E-state index contributed by atoms with van der Waals surface area (Å²) >= 11 is 1.40. The summed E-state index contributed by atoms with van der Waals surface area (Å²) in [5.74, 6) is 3.39. The molecule has 2 aliphatic heterocycles. The number of nitrogens with zero attached hydrogens (tertiary/aromatic N) is 4. The Labute approximate surface area is 203 Å². The number of benzene rings is 2. The third-order valence-corrected chi connectivity index (χ3v) is 7.09. The normalized spacial score (nSPS) is 17.5. The first kappa shape index (κ1) is 22.6. The van der Waals surface area contributed by atoms with Crippen molar-refractivity contribution in [3.63, 3.8) is 0 Å². The zero-order chi connectivity index (χ0) is 23.5. The van der Waals surface area contributed by atoms with E-state index >= 15 is 0 Å². The minimum absolute atomic E-state index is 0.0408. The first-order chi connectivity index (χ1) is 16.7. The Hall–Kier alpha value is -3.20. The number of ether oxygens (including phenoxy) is 3. The fraction of sp³-hybridized carbons (Fsp3) is 0.400. The molecular formula is C25H28N4O4S. The van der Waals surface area contributed by atoms with E-state index in [1.165, 1.54) is 11.8 Å². The molecule has 3 aromatic rings. The fourth-order valence-corrected chi connectivity index (χ4v) is 5.41. The molecule has 1 saturated heterocycles. The second-order valence-electron chi connectivity index (χ2n) is 8.33. The van der Waals surface area contributed by atoms with Crippen molar-refractivity contribution in [3.8, 4) is 22.9 Å². The maximum absolute atomic E-state index is 13.3. The van der Waals surface area contributed by atoms with Crippen molar-refractivity contribution in [2.24, 2.45) is 0 Å². The molecule has 2 aliphatic rings. The molecule has 178 valence electrons. The standard InChI is InChI=1S/C25H28N4O4S/c1-17-26-27-25(29(17)20-7-3-4-9-21(20)31-2)34-16-24(30)28-12-5-8-19(28)18-10-11-22-23(15-18)33-14-6-13-32-22/h3-4,7,9-11,15,19H,5-6,8,12-14,16H2,1-2H3. The third kappa shape index (κ3) is 4.44. The summed E-state index contributed by atoms with van der Waals surface area (Å²) < 4.78 is 19.1. The van der Waals surface area contributed by atoms with Gasteiger partial charge < -0.3 is 19.1 Å². The van der Waals surface area contributed by atoms with Gasteiger partial charge in [0.25, 0.3) is 0 Å². The number of carbonyl (C=O) groups is 1. The lowest BCUT2D eigenvalue weighted by molar-refractivity contribution is -0.129. The van der Waals surface area contributed by atoms with Crippen LogP contribution in [0.3, 0.4) is 0 Å². The van der Waals surface area contributed by atoms with Gasteiger partial charge in [0, 0.05) is 13.0 Å². The number of hydrogen-bond acceptors (Lipinski definition) is 7. The molecule has 0 aliphatic carbocycles. The summed E-state index contributed by atoms with van der Waals surface area (Å²) in [6.07, 6.45) is 2.78. The van der Waals surface area contributed by atoms with Crippen LogP contribution in [0.15, 0.2) is 47.6 Å². The van der Waals surface area contributed by atoms with E-state index in [9.17, 15) is 4.79 Å². The summed E-state index contributed by atoms with van der Waals surface area (Å²) in [5.41, 5.74) is 1.95. The molecule has 2 aromatic carbocycles. The van der Waals surface area contributed by atoms with Crippen molar-refractivity contribution in [1.29, 1.82) is 0 Å². The second-order valence-corrected chi connectivity index (χ2v) is 9.27. The monoisotopic (exact) mass is 480 g/mol. The summed E-state index contributed by atoms with van der Waals surface area (Å²) in [7, 11) is 1.64. The van der Waals surface area contributed by atoms with Crippen molar-refractivity contribution >= 4 is 17.7 Å². The van der Waals surface area contributed by atoms with E-state index in [1.54, 1.807) is 7.11 Å². The van der Waals surface area contributed by atoms with E-state index in [-0.39, 0.29) is 17.7 Å². The van der Waals surface area contributed by atoms with Gasteiger partial charge in [-0.05, 0) is 49.6 Å². The second kappa shape index (κ2) is 9.97. The quantitative estimate of drug-likeness (QED) is 0.489. The van der Waals surface area contributed by atoms with Gasteiger partial charge >= 0.3 is 0 Å². The number of amides is 1. The molecule has 0 spiro atoms. The van der Waals surface area contributed by atoms with E-state index < -0.39 is 0 Å². The molecule has 1 atom stereocenters. The van der Waals surface area contributed by atoms with Crippen LogP contribution in [0.4, 0.5) is 0 Å². The molecule has 0 radical (unpaired) electrons. The molecule has 0 bridgehead atoms. The van der Waals surface area contributed by atoms with Crippen molar-refractivity contribution in [3.05, 3.63) is 53.9 Å². The Morgan fingerprint density at radius 1 is 1.12 bits per heavy atom. The topological polar surface area (TPSA) is 78.7 Å². The van der Waals surface area contributed by atoms with Crippen molar-refractivity contribution < 1.29 is 19.0 Å². The van der Waals surface area contributed by atoms with Gasteiger partial charge in [0.1, 0.15) is 11.6 Å². The maximum Gasteiger partial charge on any atom is 0.233 e. The van der Waals surface area contributed by atoms with Gasteiger partial charge in [-0.15, -0.1) is 10.2 Å². The van der Waals surface area contributed by atoms with Crippen LogP contribution < -0.4 is 14.2 Å². The summed E-state index contributed by atoms with van der Waals surface area (Å²) in [6, 6.07) is 13.8. The largest absolute Gasteiger partial charge is 0.495 e. The van der Waals surface area contributed by atoms with E-state index in [0.717, 1.165) is 60.1 Å². The smallest absolute Gasteiger partial charge is 0.233 e. The van der Waals surface area contributed by atoms with Crippen molar-refractivity contribution in [1.82, 2.24) is 19.7 Å². The van der Waals surface area contributed by atoms with Crippen LogP contribution in [0.25, 0.3) is 5.69 Å². The van der Waals surface area contributed by atoms with Gasteiger partial charge in [0.05, 0.1) is 37.8 Å². The Balaban J connectivity index is 1.31. The average molecular weight is 481 g/mol. The summed E-state index contributed by atoms with van der Waals surface area (Å²) in [6.45, 7) is 3.95. The Morgan fingerprint density at radius 3 is 2.79 bits per heavy atom. The number of hydrogen-bond donors (Lipinski definition) is 0. The fourth-order valence-electron chi connectivity index (χ4n) is 4.54. The van der Waals surface area contributed by atoms with E-state index in [1.807, 2.05) is 52.8 Å². The predicted molar refractivity (Wildman–Crippen MR) is 129 cm³/mol. The number of aromatic nitrogens is 3. The Bertz CT molecular complexity index is 1180. The molecule has 0 N–H and O–H groups in total. The highest BCUT2D eigenvalue weighted by Crippen LogP contribution is 2.38. The maximum atomic E-state index is 13.3. The first-order valence-corrected chi connectivity index (χ1v) is 12.5. The number of likely N-dealkylation sites (tertiary alicyclic amines) is 1. The first-order valence-electron chi connectivity index (χ1n) is 11.5. The molecule has 8 nitrogen and oxygen atoms in total. The molecule has 34 heavy (non-hydrogen) atoms. The van der Waals surface area contributed by atoms with E-state index in [4.69, 9.17) is 14.2 Å². The number of carbonyl (C=O) groups excluding carboxylic acids is 1. The van der Waals surface area contributed by atoms with Crippen LogP contribution in [-0.2, 0) is 4.79 Å². The van der Waals surface area contributed by atoms with Gasteiger partial charge in [-0.3, -0.25) is 9.36 Å². The van der Waals surface area contributed by atoms with Gasteiger partial charge in [-0.25, -0.2) is 0 Å². The van der Waals surface area contributed by atoms with Crippen LogP contribution >= 0.6 is 11.8 Å². The number of rotatable bonds is 6. The molecule has 1 amide bonds. The summed E-state index contributed by atoms with van der Waals surface area (Å²) in [5, 5.41) is 9.23. The molecular weight excluding hydrogens is 452 g/mol. The Kier molecular flexibility index (Phi) is 6.62. The molecule has 0 saturated carbocycles. The lowest BCUT2D eigenvalue weighted by Crippen LogP contribution is -2.32. The number of aryl methyl sites for hydroxylation is 1. The number of fused-ring (bicyclic) bond motifs is 1. The highest BCUT2D eigenvalue weighted by Gasteiger charge is 2.31. The van der Waals surface area contributed by atoms with E-state index in [2.05, 4.69) is 16.3 Å². The number of thioether (sulfide) groups is 1. The molecule has 1 fully saturated rings. The highest BCUT2D eigenvalue weighted by molar-refractivity contribution is 7.99. The summed E-state index contributed by atoms with van der Waals surface area (Å²) in [4.78, 5) is 15.3. The van der Waals surface area contributed by atoms with Crippen LogP contribution in [0.2, 0.25) is 0 Å². The molecule has 9 heteroatoms. The lowest BCUT2D eigenvalue weighted by Gasteiger charge is -2.25. The molecule has 3 heterocycles. The highest BCUT2D eigenvalue weighted by atomic mass is 32.2. The van der Waals surface area contributed by atoms with Gasteiger partial charge in [0.2, 0.25) is 5.91 Å². The van der Waals surface area contributed by atoms with Crippen LogP contribution in [0.5, 0.6) is 17.2 Å². The molecule has 1 unspecified atom stereocenters. The van der Waals surface area contributed by atoms with Crippen LogP contribution in [0.1, 0.15) is 36.7 Å². The molecule has 1 aromatic heterocycles. The third-order valence-electron chi connectivity index (χ3n) is 6.18. The van der Waals surface area contributed by atoms with E-state index in [0.29, 0.717) is 18.4 Å². The predicted octanol–water partition coefficient (Wildman–Crippen LogP) is 4.20. The van der Waals surface area contributed by atoms with Crippen molar-refractivity contribution in [2.75, 3.05) is 32.6 Å². The SMILES string of the molecule is COc1ccccc1-n1c(C)nnc1SCC(=O)N1CCCC1c1ccc2c(c1)OCCCO2. The van der Waals surface area contributed by atoms with Crippen LogP contribution in [-0.4, -0.2) is 58.2 Å². The van der Waals surface area contributed by atoms with Gasteiger partial charge in [-0.2, -0.15) is 0 Å². The van der Waals surface area contributed by atoms with Gasteiger partial charge in [0.15, 0.2) is 16.7 Å². The van der Waals surface area contributed by atoms with Crippen molar-refractivity contribution in [2.45, 2.75) is 37.4 Å². The van der Waals surface area contributed by atoms with Gasteiger partial charge in [-0.1, -0.05) is 30.0 Å². The minimum Gasteiger partial charge on any atom is -0.495 e. The molecule has 5 rings (SSSR count). The minimum atomic E-state index is 0.0408.